The minimum atomic E-state index is -4.41. The van der Waals surface area contributed by atoms with Crippen molar-refractivity contribution in [3.8, 4) is 5.88 Å². The molecule has 25 heavy (non-hydrogen) atoms. The summed E-state index contributed by atoms with van der Waals surface area (Å²) in [7, 11) is 1.27. The number of pyridine rings is 1. The van der Waals surface area contributed by atoms with E-state index in [9.17, 15) is 23.4 Å². The van der Waals surface area contributed by atoms with Crippen LogP contribution < -0.4 is 9.64 Å². The zero-order valence-electron chi connectivity index (χ0n) is 13.2. The second-order valence-electron chi connectivity index (χ2n) is 5.16. The first-order chi connectivity index (χ1) is 11.8. The van der Waals surface area contributed by atoms with Crippen LogP contribution in [0.3, 0.4) is 0 Å². The summed E-state index contributed by atoms with van der Waals surface area (Å²) in [6.07, 6.45) is -4.01. The summed E-state index contributed by atoms with van der Waals surface area (Å²) in [5.74, 6) is 0.427. The van der Waals surface area contributed by atoms with E-state index < -0.39 is 24.1 Å². The Labute approximate surface area is 140 Å². The van der Waals surface area contributed by atoms with E-state index in [1.165, 1.54) is 25.6 Å². The van der Waals surface area contributed by atoms with Crippen molar-refractivity contribution in [2.45, 2.75) is 24.8 Å². The Morgan fingerprint density at radius 2 is 2.04 bits per heavy atom. The molecule has 0 aliphatic carbocycles. The van der Waals surface area contributed by atoms with Gasteiger partial charge in [-0.2, -0.15) is 18.2 Å². The van der Waals surface area contributed by atoms with Crippen LogP contribution in [0, 0.1) is 0 Å². The minimum absolute atomic E-state index is 0.0372. The highest BCUT2D eigenvalue weighted by Gasteiger charge is 2.32. The lowest BCUT2D eigenvalue weighted by Gasteiger charge is -2.32. The molecule has 1 fully saturated rings. The van der Waals surface area contributed by atoms with Gasteiger partial charge in [0.05, 0.1) is 19.3 Å². The first-order valence-corrected chi connectivity index (χ1v) is 7.27. The third-order valence-electron chi connectivity index (χ3n) is 3.40. The van der Waals surface area contributed by atoms with Crippen LogP contribution in [0.4, 0.5) is 19.1 Å². The molecule has 1 saturated heterocycles. The number of ether oxygens (including phenoxy) is 1. The van der Waals surface area contributed by atoms with E-state index in [1.807, 2.05) is 0 Å². The molecule has 2 N–H and O–H groups in total. The van der Waals surface area contributed by atoms with Gasteiger partial charge >= 0.3 is 6.18 Å². The highest BCUT2D eigenvalue weighted by atomic mass is 19.4. The fraction of sp³-hybridized carbons (Fsp3) is 0.500. The Bertz CT molecular complexity index is 654. The molecule has 0 radical (unpaired) electrons. The number of rotatable bonds is 2. The zero-order valence-corrected chi connectivity index (χ0v) is 13.2. The van der Waals surface area contributed by atoms with E-state index >= 15 is 0 Å². The summed E-state index contributed by atoms with van der Waals surface area (Å²) < 4.78 is 45.1. The molecular weight excluding hydrogens is 345 g/mol. The topological polar surface area (TPSA) is 105 Å². The number of alkyl halides is 3. The molecule has 0 spiro atoms. The normalized spacial score (nSPS) is 20.6. The summed E-state index contributed by atoms with van der Waals surface area (Å²) in [5, 5.41) is 22.3. The molecule has 1 aliphatic rings. The number of piperidine rings is 1. The molecule has 2 unspecified atom stereocenters. The monoisotopic (exact) mass is 362 g/mol. The number of hydrogen-bond donors (Lipinski definition) is 2. The maximum atomic E-state index is 12.0. The Balaban J connectivity index is 0.000000181. The van der Waals surface area contributed by atoms with Crippen LogP contribution in [0.25, 0.3) is 0 Å². The maximum absolute atomic E-state index is 12.0. The molecule has 2 atom stereocenters. The highest BCUT2D eigenvalue weighted by molar-refractivity contribution is 5.28. The number of nitrogens with zero attached hydrogens (tertiary/aromatic N) is 4. The van der Waals surface area contributed by atoms with Gasteiger partial charge in [0.1, 0.15) is 5.69 Å². The van der Waals surface area contributed by atoms with Gasteiger partial charge in [0.25, 0.3) is 5.95 Å². The molecular formula is C14H17F3N4O4. The number of halogens is 3. The van der Waals surface area contributed by atoms with Crippen molar-refractivity contribution in [1.82, 2.24) is 15.1 Å². The smallest absolute Gasteiger partial charge is 0.433 e. The number of hydrogen-bond acceptors (Lipinski definition) is 8. The molecule has 3 rings (SSSR count). The SMILES string of the molecule is COc1cccc(C(F)(F)F)n1.OC1CCN(c2ncon2)CC1O. The summed E-state index contributed by atoms with van der Waals surface area (Å²) in [6, 6.07) is 3.49. The lowest BCUT2D eigenvalue weighted by molar-refractivity contribution is -0.141. The predicted octanol–water partition coefficient (Wildman–Crippen LogP) is 1.11. The molecule has 0 saturated carbocycles. The van der Waals surface area contributed by atoms with E-state index in [2.05, 4.69) is 24.4 Å². The average molecular weight is 362 g/mol. The third-order valence-corrected chi connectivity index (χ3v) is 3.40. The number of β-amino-alcohol motifs (C(OH)–C–C–N with tert-alkyl or cyclic N) is 1. The van der Waals surface area contributed by atoms with Gasteiger partial charge in [-0.05, 0) is 17.6 Å². The Hall–Kier alpha value is -2.40. The zero-order chi connectivity index (χ0) is 18.4. The van der Waals surface area contributed by atoms with Crippen molar-refractivity contribution < 1.29 is 32.6 Å². The molecule has 0 aromatic carbocycles. The molecule has 0 amide bonds. The molecule has 2 aromatic rings. The lowest BCUT2D eigenvalue weighted by atomic mass is 10.1. The molecule has 2 aromatic heterocycles. The van der Waals surface area contributed by atoms with E-state index in [-0.39, 0.29) is 5.88 Å². The van der Waals surface area contributed by atoms with Gasteiger partial charge in [-0.15, -0.1) is 0 Å². The summed E-state index contributed by atoms with van der Waals surface area (Å²) in [4.78, 5) is 8.85. The van der Waals surface area contributed by atoms with Crippen molar-refractivity contribution in [2.24, 2.45) is 0 Å². The molecule has 1 aliphatic heterocycles. The van der Waals surface area contributed by atoms with Crippen LogP contribution in [-0.2, 0) is 6.18 Å². The first-order valence-electron chi connectivity index (χ1n) is 7.27. The quantitative estimate of drug-likeness (QED) is 0.819. The van der Waals surface area contributed by atoms with E-state index in [4.69, 9.17) is 0 Å². The standard InChI is InChI=1S/C7H6F3NO.C7H11N3O3/c1-12-6-4-2-3-5(11-6)7(8,9)10;11-5-1-2-10(3-6(5)12)7-8-4-13-9-7/h2-4H,1H3;4-6,11-12H,1-3H2. The Morgan fingerprint density at radius 3 is 2.60 bits per heavy atom. The Kier molecular flexibility index (Phi) is 6.15. The number of aromatic nitrogens is 3. The van der Waals surface area contributed by atoms with Gasteiger partial charge in [0.15, 0.2) is 0 Å². The van der Waals surface area contributed by atoms with Crippen molar-refractivity contribution in [3.63, 3.8) is 0 Å². The molecule has 11 heteroatoms. The summed E-state index contributed by atoms with van der Waals surface area (Å²) in [5.41, 5.74) is -0.943. The summed E-state index contributed by atoms with van der Waals surface area (Å²) in [6.45, 7) is 0.985. The van der Waals surface area contributed by atoms with Crippen molar-refractivity contribution in [1.29, 1.82) is 0 Å². The maximum Gasteiger partial charge on any atom is 0.433 e. The molecule has 0 bridgehead atoms. The van der Waals surface area contributed by atoms with Crippen molar-refractivity contribution in [2.75, 3.05) is 25.1 Å². The van der Waals surface area contributed by atoms with Crippen LogP contribution in [0.5, 0.6) is 5.88 Å². The average Bonchev–Trinajstić information content (AvgIpc) is 3.12. The van der Waals surface area contributed by atoms with Gasteiger partial charge in [0.2, 0.25) is 12.3 Å². The Morgan fingerprint density at radius 1 is 1.28 bits per heavy atom. The molecule has 3 heterocycles. The summed E-state index contributed by atoms with van der Waals surface area (Å²) >= 11 is 0. The van der Waals surface area contributed by atoms with E-state index in [0.717, 1.165) is 6.07 Å². The molecule has 138 valence electrons. The number of aliphatic hydroxyl groups is 2. The minimum Gasteiger partial charge on any atom is -0.481 e. The first kappa shape index (κ1) is 18.9. The fourth-order valence-corrected chi connectivity index (χ4v) is 2.09. The van der Waals surface area contributed by atoms with Gasteiger partial charge in [-0.3, -0.25) is 0 Å². The molecule has 8 nitrogen and oxygen atoms in total. The second-order valence-corrected chi connectivity index (χ2v) is 5.16. The van der Waals surface area contributed by atoms with Gasteiger partial charge in [-0.25, -0.2) is 4.98 Å². The number of methoxy groups -OCH3 is 1. The highest BCUT2D eigenvalue weighted by Crippen LogP contribution is 2.28. The van der Waals surface area contributed by atoms with E-state index in [0.29, 0.717) is 25.5 Å². The van der Waals surface area contributed by atoms with Crippen LogP contribution in [-0.4, -0.2) is 57.7 Å². The second kappa shape index (κ2) is 8.12. The van der Waals surface area contributed by atoms with Crippen molar-refractivity contribution in [3.05, 3.63) is 30.3 Å². The third kappa shape index (κ3) is 5.29. The predicted molar refractivity (Wildman–Crippen MR) is 78.9 cm³/mol. The van der Waals surface area contributed by atoms with Gasteiger partial charge in [0, 0.05) is 19.2 Å². The number of aliphatic hydroxyl groups excluding tert-OH is 2. The van der Waals surface area contributed by atoms with E-state index in [1.54, 1.807) is 4.90 Å². The largest absolute Gasteiger partial charge is 0.481 e. The van der Waals surface area contributed by atoms with Gasteiger partial charge < -0.3 is 24.4 Å². The van der Waals surface area contributed by atoms with Crippen molar-refractivity contribution >= 4 is 5.95 Å². The fourth-order valence-electron chi connectivity index (χ4n) is 2.09. The van der Waals surface area contributed by atoms with Crippen LogP contribution >= 0.6 is 0 Å². The van der Waals surface area contributed by atoms with Crippen LogP contribution in [0.2, 0.25) is 0 Å². The number of anilines is 1. The van der Waals surface area contributed by atoms with Crippen LogP contribution in [0.1, 0.15) is 12.1 Å². The lowest BCUT2D eigenvalue weighted by Crippen LogP contribution is -2.47. The van der Waals surface area contributed by atoms with Crippen LogP contribution in [0.15, 0.2) is 29.1 Å². The van der Waals surface area contributed by atoms with Gasteiger partial charge in [-0.1, -0.05) is 6.07 Å².